The van der Waals surface area contributed by atoms with Crippen molar-refractivity contribution in [1.82, 2.24) is 15.2 Å². The number of hydrogen-bond acceptors (Lipinski definition) is 3. The average molecular weight is 307 g/mol. The van der Waals surface area contributed by atoms with Crippen LogP contribution in [0.4, 0.5) is 0 Å². The molecule has 0 bridgehead atoms. The molecule has 0 saturated heterocycles. The predicted octanol–water partition coefficient (Wildman–Crippen LogP) is 1.78. The van der Waals surface area contributed by atoms with Crippen LogP contribution in [0.25, 0.3) is 10.9 Å². The highest BCUT2D eigenvalue weighted by Crippen LogP contribution is 2.33. The van der Waals surface area contributed by atoms with E-state index in [4.69, 9.17) is 5.73 Å². The van der Waals surface area contributed by atoms with Crippen LogP contribution in [-0.4, -0.2) is 36.4 Å². The first-order valence-electron chi connectivity index (χ1n) is 6.59. The van der Waals surface area contributed by atoms with Crippen molar-refractivity contribution in [3.8, 4) is 0 Å². The first-order chi connectivity index (χ1) is 9.58. The van der Waals surface area contributed by atoms with Crippen molar-refractivity contribution >= 4 is 29.2 Å². The first-order valence-corrected chi connectivity index (χ1v) is 6.59. The highest BCUT2D eigenvalue weighted by Gasteiger charge is 2.26. The fourth-order valence-corrected chi connectivity index (χ4v) is 2.76. The Morgan fingerprint density at radius 2 is 2.19 bits per heavy atom. The largest absolute Gasteiger partial charge is 0.400 e. The van der Waals surface area contributed by atoms with Crippen LogP contribution in [0.1, 0.15) is 21.8 Å². The van der Waals surface area contributed by atoms with Crippen LogP contribution in [0.3, 0.4) is 0 Å². The van der Waals surface area contributed by atoms with E-state index < -0.39 is 0 Å². The number of halogens is 1. The van der Waals surface area contributed by atoms with Gasteiger partial charge in [0.25, 0.3) is 5.91 Å². The van der Waals surface area contributed by atoms with Crippen LogP contribution in [0.5, 0.6) is 0 Å². The van der Waals surface area contributed by atoms with Gasteiger partial charge >= 0.3 is 0 Å². The average Bonchev–Trinajstić information content (AvgIpc) is 2.75. The fourth-order valence-electron chi connectivity index (χ4n) is 2.76. The molecule has 112 valence electrons. The third-order valence-corrected chi connectivity index (χ3v) is 3.63. The summed E-state index contributed by atoms with van der Waals surface area (Å²) >= 11 is 0. The second-order valence-corrected chi connectivity index (χ2v) is 5.33. The third kappa shape index (κ3) is 2.56. The minimum atomic E-state index is -0.0448. The summed E-state index contributed by atoms with van der Waals surface area (Å²) in [7, 11) is 3.87. The minimum absolute atomic E-state index is 0. The van der Waals surface area contributed by atoms with Crippen LogP contribution in [0.15, 0.2) is 36.3 Å². The van der Waals surface area contributed by atoms with Crippen LogP contribution in [-0.2, 0) is 0 Å². The second-order valence-electron chi connectivity index (χ2n) is 5.33. The molecule has 0 aliphatic carbocycles. The lowest BCUT2D eigenvalue weighted by molar-refractivity contribution is 0.0955. The van der Waals surface area contributed by atoms with Crippen molar-refractivity contribution in [2.75, 3.05) is 20.6 Å². The lowest BCUT2D eigenvalue weighted by Gasteiger charge is -2.17. The van der Waals surface area contributed by atoms with Crippen molar-refractivity contribution < 1.29 is 4.79 Å². The predicted molar refractivity (Wildman–Crippen MR) is 86.6 cm³/mol. The number of benzene rings is 1. The number of rotatable bonds is 2. The summed E-state index contributed by atoms with van der Waals surface area (Å²) in [5.41, 5.74) is 9.70. The van der Waals surface area contributed by atoms with Crippen molar-refractivity contribution in [2.24, 2.45) is 5.73 Å². The number of aromatic amines is 1. The maximum absolute atomic E-state index is 12.2. The van der Waals surface area contributed by atoms with E-state index in [0.717, 1.165) is 22.2 Å². The van der Waals surface area contributed by atoms with E-state index in [1.54, 1.807) is 0 Å². The van der Waals surface area contributed by atoms with Crippen LogP contribution in [0, 0.1) is 0 Å². The molecule has 21 heavy (non-hydrogen) atoms. The van der Waals surface area contributed by atoms with E-state index in [9.17, 15) is 4.79 Å². The molecular weight excluding hydrogens is 288 g/mol. The molecule has 0 saturated carbocycles. The molecule has 0 spiro atoms. The van der Waals surface area contributed by atoms with E-state index >= 15 is 0 Å². The van der Waals surface area contributed by atoms with E-state index in [0.29, 0.717) is 12.1 Å². The zero-order chi connectivity index (χ0) is 14.3. The van der Waals surface area contributed by atoms with Crippen LogP contribution < -0.4 is 11.1 Å². The monoisotopic (exact) mass is 306 g/mol. The Bertz CT molecular complexity index is 705. The third-order valence-electron chi connectivity index (χ3n) is 3.63. The number of H-pyrrole nitrogens is 1. The molecule has 0 fully saturated rings. The molecule has 3 rings (SSSR count). The molecule has 1 aromatic heterocycles. The number of nitrogens with one attached hydrogen (secondary N) is 2. The first kappa shape index (κ1) is 15.3. The highest BCUT2D eigenvalue weighted by molar-refractivity contribution is 6.08. The molecule has 1 atom stereocenters. The summed E-state index contributed by atoms with van der Waals surface area (Å²) in [5, 5.41) is 3.92. The zero-order valence-electron chi connectivity index (χ0n) is 12.0. The Kier molecular flexibility index (Phi) is 4.14. The summed E-state index contributed by atoms with van der Waals surface area (Å²) in [4.78, 5) is 17.3. The summed E-state index contributed by atoms with van der Waals surface area (Å²) in [5.74, 6) is -0.0599. The van der Waals surface area contributed by atoms with Crippen LogP contribution >= 0.6 is 12.4 Å². The van der Waals surface area contributed by atoms with E-state index in [1.807, 2.05) is 49.6 Å². The smallest absolute Gasteiger partial charge is 0.252 e. The lowest BCUT2D eigenvalue weighted by atomic mass is 9.95. The van der Waals surface area contributed by atoms with Crippen molar-refractivity contribution in [1.29, 1.82) is 0 Å². The summed E-state index contributed by atoms with van der Waals surface area (Å²) in [6, 6.07) is 5.71. The maximum atomic E-state index is 12.2. The van der Waals surface area contributed by atoms with Gasteiger partial charge in [-0.3, -0.25) is 4.79 Å². The van der Waals surface area contributed by atoms with Gasteiger partial charge in [-0.05, 0) is 17.7 Å². The second kappa shape index (κ2) is 5.69. The number of nitrogens with zero attached hydrogens (tertiary/aromatic N) is 1. The topological polar surface area (TPSA) is 74.2 Å². The Hall–Kier alpha value is -2.14. The molecule has 2 aromatic rings. The number of nitrogens with two attached hydrogens (primary N) is 1. The molecule has 1 aliphatic rings. The van der Waals surface area contributed by atoms with Gasteiger partial charge in [-0.1, -0.05) is 6.07 Å². The van der Waals surface area contributed by atoms with Gasteiger partial charge in [0.05, 0.1) is 0 Å². The van der Waals surface area contributed by atoms with Gasteiger partial charge in [0.2, 0.25) is 0 Å². The summed E-state index contributed by atoms with van der Waals surface area (Å²) in [6.45, 7) is 0.511. The van der Waals surface area contributed by atoms with Crippen molar-refractivity contribution in [3.63, 3.8) is 0 Å². The molecule has 1 unspecified atom stereocenters. The van der Waals surface area contributed by atoms with E-state index in [-0.39, 0.29) is 24.2 Å². The Morgan fingerprint density at radius 3 is 2.90 bits per heavy atom. The van der Waals surface area contributed by atoms with Crippen molar-refractivity contribution in [3.05, 3.63) is 47.4 Å². The fraction of sp³-hybridized carbons (Fsp3) is 0.267. The van der Waals surface area contributed by atoms with Crippen LogP contribution in [0.2, 0.25) is 0 Å². The zero-order valence-corrected chi connectivity index (χ0v) is 12.8. The standard InChI is InChI=1S/C15H18N4O.ClH/c1-19(2)8-12(16)10-6-18-15(20)9-4-3-5-13-14(9)11(10)7-17-13;/h3-5,7-8,10,17H,6,16H2,1-2H3,(H,18,20);1H. The number of hydrogen-bond donors (Lipinski definition) is 3. The maximum Gasteiger partial charge on any atom is 0.252 e. The Morgan fingerprint density at radius 1 is 1.43 bits per heavy atom. The normalized spacial score (nSPS) is 17.9. The van der Waals surface area contributed by atoms with Gasteiger partial charge < -0.3 is 20.9 Å². The molecule has 1 amide bonds. The Labute approximate surface area is 129 Å². The molecule has 0 radical (unpaired) electrons. The molecule has 2 heterocycles. The number of aromatic nitrogens is 1. The van der Waals surface area contributed by atoms with Gasteiger partial charge in [0.15, 0.2) is 0 Å². The van der Waals surface area contributed by atoms with E-state index in [1.165, 1.54) is 0 Å². The Balaban J connectivity index is 0.00000161. The lowest BCUT2D eigenvalue weighted by Crippen LogP contribution is -2.28. The molecule has 1 aromatic carbocycles. The summed E-state index contributed by atoms with van der Waals surface area (Å²) < 4.78 is 0. The number of amides is 1. The molecule has 1 aliphatic heterocycles. The van der Waals surface area contributed by atoms with Gasteiger partial charge in [-0.15, -0.1) is 12.4 Å². The molecule has 5 nitrogen and oxygen atoms in total. The molecular formula is C15H19ClN4O. The van der Waals surface area contributed by atoms with Crippen molar-refractivity contribution in [2.45, 2.75) is 5.92 Å². The van der Waals surface area contributed by atoms with E-state index in [2.05, 4.69) is 10.3 Å². The molecule has 6 heteroatoms. The number of carbonyl (C=O) groups excluding carboxylic acids is 1. The van der Waals surface area contributed by atoms with Gasteiger partial charge in [-0.25, -0.2) is 0 Å². The number of carbonyl (C=O) groups is 1. The minimum Gasteiger partial charge on any atom is -0.400 e. The van der Waals surface area contributed by atoms with Gasteiger partial charge in [0, 0.05) is 61.1 Å². The quantitative estimate of drug-likeness (QED) is 0.792. The SMILES string of the molecule is CN(C)C=C(N)C1CNC(=O)c2cccc3[nH]cc1c23.Cl. The van der Waals surface area contributed by atoms with Gasteiger partial charge in [0.1, 0.15) is 0 Å². The van der Waals surface area contributed by atoms with Gasteiger partial charge in [-0.2, -0.15) is 0 Å². The molecule has 4 N–H and O–H groups in total. The highest BCUT2D eigenvalue weighted by atomic mass is 35.5. The summed E-state index contributed by atoms with van der Waals surface area (Å²) in [6.07, 6.45) is 3.85.